The third-order valence-corrected chi connectivity index (χ3v) is 7.30. The van der Waals surface area contributed by atoms with E-state index in [1.807, 2.05) is 0 Å². The molecule has 2 aromatic heterocycles. The minimum Gasteiger partial charge on any atom is -0.341 e. The number of nitrogens with zero attached hydrogens (tertiary/aromatic N) is 4. The van der Waals surface area contributed by atoms with Crippen LogP contribution in [0.4, 0.5) is 41.4 Å². The van der Waals surface area contributed by atoms with E-state index in [0.29, 0.717) is 48.7 Å². The number of aromatic nitrogens is 3. The summed E-state index contributed by atoms with van der Waals surface area (Å²) in [5, 5.41) is 7.71. The van der Waals surface area contributed by atoms with E-state index in [1.54, 1.807) is 18.2 Å². The molecule has 4 aromatic rings. The lowest BCUT2D eigenvalue weighted by Crippen LogP contribution is -2.26. The Hall–Kier alpha value is -2.82. The van der Waals surface area contributed by atoms with Crippen molar-refractivity contribution in [2.45, 2.75) is 31.9 Å². The van der Waals surface area contributed by atoms with Gasteiger partial charge in [0.15, 0.2) is 15.8 Å². The van der Waals surface area contributed by atoms with E-state index in [0.717, 1.165) is 50.9 Å². The number of benzene rings is 2. The number of rotatable bonds is 5. The van der Waals surface area contributed by atoms with Crippen molar-refractivity contribution in [2.24, 2.45) is 0 Å². The van der Waals surface area contributed by atoms with Gasteiger partial charge in [0.2, 0.25) is 5.95 Å². The molecule has 5 rings (SSSR count). The summed E-state index contributed by atoms with van der Waals surface area (Å²) in [6, 6.07) is 10.00. The summed E-state index contributed by atoms with van der Waals surface area (Å²) in [5.74, 6) is 0.971. The number of hydrogen-bond acceptors (Lipinski definition) is 7. The third-order valence-electron chi connectivity index (χ3n) is 5.81. The molecule has 1 aliphatic heterocycles. The summed E-state index contributed by atoms with van der Waals surface area (Å²) in [5.41, 5.74) is 0.756. The molecule has 0 atom stereocenters. The van der Waals surface area contributed by atoms with Crippen LogP contribution in [0.1, 0.15) is 31.2 Å². The van der Waals surface area contributed by atoms with E-state index in [1.165, 1.54) is 23.5 Å². The molecule has 1 fully saturated rings. The standard InChI is InChI=1S/C24H21Cl2F3N6S/c25-16-6-5-7-17(26)18(16)31-23-32-19-20(30-15-10-8-14(9-11-15)24(27,28)29)33-22(34-21(19)36-23)35-12-3-1-2-4-13-35/h5-11H,1-4,12-13H2,(H,31,32)(H,30,33,34). The van der Waals surface area contributed by atoms with Gasteiger partial charge < -0.3 is 15.5 Å². The fourth-order valence-corrected chi connectivity index (χ4v) is 5.30. The van der Waals surface area contributed by atoms with Crippen LogP contribution in [-0.2, 0) is 6.18 Å². The largest absolute Gasteiger partial charge is 0.416 e. The second-order valence-corrected chi connectivity index (χ2v) is 10.2. The molecule has 0 bridgehead atoms. The number of hydrogen-bond donors (Lipinski definition) is 2. The second kappa shape index (κ2) is 10.3. The zero-order chi connectivity index (χ0) is 25.3. The first kappa shape index (κ1) is 24.9. The van der Waals surface area contributed by atoms with Crippen molar-refractivity contribution in [1.29, 1.82) is 0 Å². The first-order valence-electron chi connectivity index (χ1n) is 11.4. The average molecular weight is 553 g/mol. The van der Waals surface area contributed by atoms with Gasteiger partial charge in [-0.05, 0) is 49.2 Å². The normalized spacial score (nSPS) is 14.6. The van der Waals surface area contributed by atoms with E-state index >= 15 is 0 Å². The number of alkyl halides is 3. The fraction of sp³-hybridized carbons (Fsp3) is 0.292. The number of para-hydroxylation sites is 1. The predicted octanol–water partition coefficient (Wildman–Crippen LogP) is 8.28. The summed E-state index contributed by atoms with van der Waals surface area (Å²) < 4.78 is 39.0. The van der Waals surface area contributed by atoms with Gasteiger partial charge in [0.1, 0.15) is 5.52 Å². The molecule has 1 saturated heterocycles. The van der Waals surface area contributed by atoms with Crippen LogP contribution >= 0.6 is 34.5 Å². The number of nitrogens with one attached hydrogen (secondary N) is 2. The zero-order valence-electron chi connectivity index (χ0n) is 18.9. The number of fused-ring (bicyclic) bond motifs is 1. The Morgan fingerprint density at radius 2 is 1.50 bits per heavy atom. The molecule has 0 spiro atoms. The molecule has 0 radical (unpaired) electrons. The van der Waals surface area contributed by atoms with Crippen molar-refractivity contribution in [3.05, 3.63) is 58.1 Å². The molecule has 0 aliphatic carbocycles. The van der Waals surface area contributed by atoms with E-state index in [9.17, 15) is 13.2 Å². The topological polar surface area (TPSA) is 66.0 Å². The molecule has 1 aliphatic rings. The minimum absolute atomic E-state index is 0.411. The summed E-state index contributed by atoms with van der Waals surface area (Å²) in [7, 11) is 0. The van der Waals surface area contributed by atoms with Gasteiger partial charge in [-0.15, -0.1) is 0 Å². The van der Waals surface area contributed by atoms with Gasteiger partial charge in [0, 0.05) is 18.8 Å². The van der Waals surface area contributed by atoms with Crippen molar-refractivity contribution < 1.29 is 13.2 Å². The van der Waals surface area contributed by atoms with Crippen molar-refractivity contribution >= 4 is 73.2 Å². The Bertz CT molecular complexity index is 1350. The molecule has 2 N–H and O–H groups in total. The molecule has 36 heavy (non-hydrogen) atoms. The summed E-state index contributed by atoms with van der Waals surface area (Å²) >= 11 is 13.9. The quantitative estimate of drug-likeness (QED) is 0.259. The van der Waals surface area contributed by atoms with Crippen LogP contribution in [0.3, 0.4) is 0 Å². The number of thiazole rings is 1. The number of anilines is 5. The van der Waals surface area contributed by atoms with Crippen LogP contribution < -0.4 is 15.5 Å². The fourth-order valence-electron chi connectivity index (χ4n) is 3.97. The van der Waals surface area contributed by atoms with Crippen LogP contribution in [0.25, 0.3) is 10.3 Å². The maximum atomic E-state index is 13.0. The zero-order valence-corrected chi connectivity index (χ0v) is 21.2. The van der Waals surface area contributed by atoms with Crippen LogP contribution in [0, 0.1) is 0 Å². The van der Waals surface area contributed by atoms with Crippen LogP contribution in [0.2, 0.25) is 10.0 Å². The van der Waals surface area contributed by atoms with Crippen molar-refractivity contribution in [1.82, 2.24) is 15.0 Å². The smallest absolute Gasteiger partial charge is 0.341 e. The first-order chi connectivity index (χ1) is 17.3. The van der Waals surface area contributed by atoms with Crippen molar-refractivity contribution in [3.63, 3.8) is 0 Å². The monoisotopic (exact) mass is 552 g/mol. The molecule has 188 valence electrons. The SMILES string of the molecule is FC(F)(F)c1ccc(Nc2nc(N3CCCCCC3)nc3sc(Nc4c(Cl)cccc4Cl)nc23)cc1. The van der Waals surface area contributed by atoms with Gasteiger partial charge >= 0.3 is 6.18 Å². The molecular formula is C24H21Cl2F3N6S. The molecule has 2 aromatic carbocycles. The Labute approximate surface area is 219 Å². The molecular weight excluding hydrogens is 532 g/mol. The summed E-state index contributed by atoms with van der Waals surface area (Å²) in [4.78, 5) is 16.9. The molecule has 6 nitrogen and oxygen atoms in total. The predicted molar refractivity (Wildman–Crippen MR) is 140 cm³/mol. The van der Waals surface area contributed by atoms with E-state index < -0.39 is 11.7 Å². The lowest BCUT2D eigenvalue weighted by Gasteiger charge is -2.20. The Kier molecular flexibility index (Phi) is 7.09. The molecule has 12 heteroatoms. The van der Waals surface area contributed by atoms with Gasteiger partial charge in [0.25, 0.3) is 0 Å². The highest BCUT2D eigenvalue weighted by molar-refractivity contribution is 7.22. The van der Waals surface area contributed by atoms with Gasteiger partial charge in [-0.25, -0.2) is 4.98 Å². The lowest BCUT2D eigenvalue weighted by molar-refractivity contribution is -0.137. The van der Waals surface area contributed by atoms with Gasteiger partial charge in [-0.1, -0.05) is 53.4 Å². The maximum absolute atomic E-state index is 13.0. The van der Waals surface area contributed by atoms with E-state index in [-0.39, 0.29) is 0 Å². The maximum Gasteiger partial charge on any atom is 0.416 e. The van der Waals surface area contributed by atoms with Crippen LogP contribution in [0.15, 0.2) is 42.5 Å². The van der Waals surface area contributed by atoms with Crippen molar-refractivity contribution in [2.75, 3.05) is 28.6 Å². The van der Waals surface area contributed by atoms with Crippen LogP contribution in [-0.4, -0.2) is 28.0 Å². The first-order valence-corrected chi connectivity index (χ1v) is 12.9. The highest BCUT2D eigenvalue weighted by Crippen LogP contribution is 2.38. The summed E-state index contributed by atoms with van der Waals surface area (Å²) in [6.07, 6.45) is -0.00545. The van der Waals surface area contributed by atoms with Gasteiger partial charge in [0.05, 0.1) is 21.3 Å². The van der Waals surface area contributed by atoms with E-state index in [4.69, 9.17) is 33.2 Å². The minimum atomic E-state index is -4.41. The molecule has 3 heterocycles. The molecule has 0 saturated carbocycles. The average Bonchev–Trinajstić information content (AvgIpc) is 3.05. The van der Waals surface area contributed by atoms with Gasteiger partial charge in [-0.2, -0.15) is 23.1 Å². The van der Waals surface area contributed by atoms with Gasteiger partial charge in [-0.3, -0.25) is 0 Å². The lowest BCUT2D eigenvalue weighted by atomic mass is 10.2. The highest BCUT2D eigenvalue weighted by atomic mass is 35.5. The van der Waals surface area contributed by atoms with Crippen molar-refractivity contribution in [3.8, 4) is 0 Å². The highest BCUT2D eigenvalue weighted by Gasteiger charge is 2.30. The van der Waals surface area contributed by atoms with E-state index in [2.05, 4.69) is 20.5 Å². The summed E-state index contributed by atoms with van der Waals surface area (Å²) in [6.45, 7) is 1.68. The van der Waals surface area contributed by atoms with Crippen LogP contribution in [0.5, 0.6) is 0 Å². The molecule has 0 amide bonds. The Morgan fingerprint density at radius 3 is 2.14 bits per heavy atom. The Balaban J connectivity index is 1.53. The second-order valence-electron chi connectivity index (χ2n) is 8.37. The number of halogens is 5. The third kappa shape index (κ3) is 5.45. The molecule has 0 unspecified atom stereocenters. The Morgan fingerprint density at radius 1 is 0.833 bits per heavy atom.